The Hall–Kier alpha value is -1.04. The Morgan fingerprint density at radius 1 is 1.30 bits per heavy atom. The third-order valence-electron chi connectivity index (χ3n) is 3.19. The van der Waals surface area contributed by atoms with Gasteiger partial charge >= 0.3 is 5.69 Å². The molecule has 0 saturated heterocycles. The van der Waals surface area contributed by atoms with Crippen molar-refractivity contribution in [2.75, 3.05) is 0 Å². The van der Waals surface area contributed by atoms with Crippen LogP contribution in [0.5, 0.6) is 0 Å². The highest BCUT2D eigenvalue weighted by atomic mass is 79.9. The van der Waals surface area contributed by atoms with Gasteiger partial charge in [-0.3, -0.25) is 0 Å². The van der Waals surface area contributed by atoms with Gasteiger partial charge in [-0.25, -0.2) is 4.79 Å². The van der Waals surface area contributed by atoms with Crippen LogP contribution in [0.2, 0.25) is 0 Å². The minimum absolute atomic E-state index is 0.209. The lowest BCUT2D eigenvalue weighted by Crippen LogP contribution is -1.99. The van der Waals surface area contributed by atoms with Crippen LogP contribution >= 0.6 is 38.9 Å². The van der Waals surface area contributed by atoms with E-state index in [0.717, 1.165) is 32.4 Å². The smallest absolute Gasteiger partial charge is 0.306 e. The van der Waals surface area contributed by atoms with E-state index in [-0.39, 0.29) is 11.1 Å². The van der Waals surface area contributed by atoms with Crippen molar-refractivity contribution < 1.29 is 0 Å². The van der Waals surface area contributed by atoms with Gasteiger partial charge in [0.2, 0.25) is 0 Å². The van der Waals surface area contributed by atoms with E-state index in [1.807, 2.05) is 12.1 Å². The minimum Gasteiger partial charge on any atom is -0.306 e. The zero-order chi connectivity index (χ0) is 14.3. The first-order valence-corrected chi connectivity index (χ1v) is 8.27. The standard InChI is InChI=1S/C14H12BrClN2OS/c1-2-7-3-4-12(20-7)13(16)8-5-10-11(6-9(8)15)18-14(19)17-10/h3-6,13H,2H2,1H3,(H2,17,18,19). The fraction of sp³-hybridized carbons (Fsp3) is 0.214. The number of nitrogens with one attached hydrogen (secondary N) is 2. The average molecular weight is 372 g/mol. The second kappa shape index (κ2) is 5.39. The van der Waals surface area contributed by atoms with Gasteiger partial charge < -0.3 is 9.97 Å². The Morgan fingerprint density at radius 3 is 2.65 bits per heavy atom. The third kappa shape index (κ3) is 2.45. The van der Waals surface area contributed by atoms with Crippen molar-refractivity contribution in [1.82, 2.24) is 9.97 Å². The molecule has 0 bridgehead atoms. The second-order valence-electron chi connectivity index (χ2n) is 4.52. The van der Waals surface area contributed by atoms with Crippen LogP contribution in [-0.4, -0.2) is 9.97 Å². The highest BCUT2D eigenvalue weighted by molar-refractivity contribution is 9.10. The van der Waals surface area contributed by atoms with E-state index < -0.39 is 0 Å². The van der Waals surface area contributed by atoms with E-state index in [0.29, 0.717) is 0 Å². The first kappa shape index (κ1) is 13.9. The summed E-state index contributed by atoms with van der Waals surface area (Å²) in [6, 6.07) is 7.98. The molecule has 0 radical (unpaired) electrons. The van der Waals surface area contributed by atoms with Gasteiger partial charge in [0.15, 0.2) is 0 Å². The van der Waals surface area contributed by atoms with Crippen molar-refractivity contribution >= 4 is 49.9 Å². The van der Waals surface area contributed by atoms with Crippen molar-refractivity contribution in [3.63, 3.8) is 0 Å². The Bertz CT molecular complexity index is 820. The van der Waals surface area contributed by atoms with Crippen LogP contribution in [0.25, 0.3) is 11.0 Å². The molecule has 0 aliphatic rings. The van der Waals surface area contributed by atoms with Crippen LogP contribution in [0.3, 0.4) is 0 Å². The molecule has 1 unspecified atom stereocenters. The number of aryl methyl sites for hydroxylation is 1. The molecule has 104 valence electrons. The molecule has 6 heteroatoms. The molecule has 3 rings (SSSR count). The molecule has 1 atom stereocenters. The highest BCUT2D eigenvalue weighted by Crippen LogP contribution is 2.38. The Kier molecular flexibility index (Phi) is 3.75. The second-order valence-corrected chi connectivity index (χ2v) is 7.01. The molecular weight excluding hydrogens is 360 g/mol. The molecular formula is C14H12BrClN2OS. The molecule has 0 aliphatic carbocycles. The summed E-state index contributed by atoms with van der Waals surface area (Å²) < 4.78 is 0.895. The summed E-state index contributed by atoms with van der Waals surface area (Å²) in [5, 5.41) is -0.225. The summed E-state index contributed by atoms with van der Waals surface area (Å²) in [6.07, 6.45) is 1.01. The summed E-state index contributed by atoms with van der Waals surface area (Å²) in [6.45, 7) is 2.13. The number of hydrogen-bond donors (Lipinski definition) is 2. The largest absolute Gasteiger partial charge is 0.323 e. The van der Waals surface area contributed by atoms with Crippen LogP contribution in [0, 0.1) is 0 Å². The Labute approximate surface area is 133 Å². The molecule has 20 heavy (non-hydrogen) atoms. The van der Waals surface area contributed by atoms with E-state index >= 15 is 0 Å². The van der Waals surface area contributed by atoms with Gasteiger partial charge in [-0.1, -0.05) is 22.9 Å². The van der Waals surface area contributed by atoms with Gasteiger partial charge in [0.25, 0.3) is 0 Å². The minimum atomic E-state index is -0.225. The van der Waals surface area contributed by atoms with Crippen LogP contribution in [0.15, 0.2) is 33.5 Å². The maximum Gasteiger partial charge on any atom is 0.323 e. The van der Waals surface area contributed by atoms with Gasteiger partial charge in [-0.05, 0) is 36.2 Å². The maximum absolute atomic E-state index is 11.3. The van der Waals surface area contributed by atoms with Crippen LogP contribution in [0.4, 0.5) is 0 Å². The van der Waals surface area contributed by atoms with E-state index in [1.165, 1.54) is 4.88 Å². The molecule has 0 fully saturated rings. The SMILES string of the molecule is CCc1ccc(C(Cl)c2cc3[nH]c(=O)[nH]c3cc2Br)s1. The molecule has 2 N–H and O–H groups in total. The van der Waals surface area contributed by atoms with Gasteiger partial charge in [0.1, 0.15) is 0 Å². The first-order valence-electron chi connectivity index (χ1n) is 6.22. The van der Waals surface area contributed by atoms with Gasteiger partial charge in [-0.15, -0.1) is 22.9 Å². The third-order valence-corrected chi connectivity index (χ3v) is 5.77. The molecule has 1 aromatic carbocycles. The number of alkyl halides is 1. The van der Waals surface area contributed by atoms with Crippen molar-refractivity contribution in [2.24, 2.45) is 0 Å². The number of imidazole rings is 1. The molecule has 0 amide bonds. The fourth-order valence-electron chi connectivity index (χ4n) is 2.14. The zero-order valence-corrected chi connectivity index (χ0v) is 13.8. The highest BCUT2D eigenvalue weighted by Gasteiger charge is 2.17. The predicted octanol–water partition coefficient (Wildman–Crippen LogP) is 4.57. The predicted molar refractivity (Wildman–Crippen MR) is 88.0 cm³/mol. The number of benzene rings is 1. The van der Waals surface area contributed by atoms with E-state index in [4.69, 9.17) is 11.6 Å². The Balaban J connectivity index is 2.07. The number of fused-ring (bicyclic) bond motifs is 1. The molecule has 3 aromatic rings. The van der Waals surface area contributed by atoms with Gasteiger partial charge in [0.05, 0.1) is 16.4 Å². The Morgan fingerprint density at radius 2 is 2.00 bits per heavy atom. The molecule has 2 heterocycles. The monoisotopic (exact) mass is 370 g/mol. The number of halogens is 2. The summed E-state index contributed by atoms with van der Waals surface area (Å²) in [5.74, 6) is 0. The summed E-state index contributed by atoms with van der Waals surface area (Å²) >= 11 is 11.8. The number of H-pyrrole nitrogens is 2. The van der Waals surface area contributed by atoms with Gasteiger partial charge in [-0.2, -0.15) is 0 Å². The number of aromatic amines is 2. The van der Waals surface area contributed by atoms with Crippen LogP contribution in [-0.2, 0) is 6.42 Å². The van der Waals surface area contributed by atoms with Crippen LogP contribution in [0.1, 0.15) is 27.6 Å². The lowest BCUT2D eigenvalue weighted by molar-refractivity contribution is 1.17. The first-order chi connectivity index (χ1) is 9.58. The normalized spacial score (nSPS) is 12.9. The van der Waals surface area contributed by atoms with Gasteiger partial charge in [0, 0.05) is 14.2 Å². The van der Waals surface area contributed by atoms with Crippen molar-refractivity contribution in [3.05, 3.63) is 54.5 Å². The lowest BCUT2D eigenvalue weighted by Gasteiger charge is -2.10. The summed E-state index contributed by atoms with van der Waals surface area (Å²) in [7, 11) is 0. The maximum atomic E-state index is 11.3. The summed E-state index contributed by atoms with van der Waals surface area (Å²) in [4.78, 5) is 19.3. The van der Waals surface area contributed by atoms with Crippen molar-refractivity contribution in [1.29, 1.82) is 0 Å². The van der Waals surface area contributed by atoms with Crippen molar-refractivity contribution in [2.45, 2.75) is 18.7 Å². The fourth-order valence-corrected chi connectivity index (χ4v) is 4.18. The van der Waals surface area contributed by atoms with Crippen molar-refractivity contribution in [3.8, 4) is 0 Å². The van der Waals surface area contributed by atoms with Crippen LogP contribution < -0.4 is 5.69 Å². The molecule has 0 saturated carbocycles. The molecule has 2 aromatic heterocycles. The molecule has 0 spiro atoms. The van der Waals surface area contributed by atoms with E-state index in [1.54, 1.807) is 11.3 Å². The number of hydrogen-bond acceptors (Lipinski definition) is 2. The molecule has 0 aliphatic heterocycles. The number of rotatable bonds is 3. The number of thiophene rings is 1. The quantitative estimate of drug-likeness (QED) is 0.651. The zero-order valence-electron chi connectivity index (χ0n) is 10.7. The topological polar surface area (TPSA) is 48.6 Å². The lowest BCUT2D eigenvalue weighted by atomic mass is 10.1. The molecule has 3 nitrogen and oxygen atoms in total. The summed E-state index contributed by atoms with van der Waals surface area (Å²) in [5.41, 5.74) is 2.29. The average Bonchev–Trinajstić information content (AvgIpc) is 3.02. The number of aromatic nitrogens is 2. The van der Waals surface area contributed by atoms with E-state index in [2.05, 4.69) is 45.0 Å². The van der Waals surface area contributed by atoms with E-state index in [9.17, 15) is 4.79 Å².